The van der Waals surface area contributed by atoms with Crippen LogP contribution in [-0.2, 0) is 14.3 Å². The van der Waals surface area contributed by atoms with Crippen LogP contribution in [0.15, 0.2) is 48.5 Å². The minimum absolute atomic E-state index is 0.108. The van der Waals surface area contributed by atoms with Gasteiger partial charge in [-0.05, 0) is 30.3 Å². The summed E-state index contributed by atoms with van der Waals surface area (Å²) < 4.78 is 5.15. The van der Waals surface area contributed by atoms with Crippen LogP contribution in [0, 0.1) is 0 Å². The average Bonchev–Trinajstić information content (AvgIpc) is 2.65. The van der Waals surface area contributed by atoms with Gasteiger partial charge in [-0.3, -0.25) is 14.5 Å². The summed E-state index contributed by atoms with van der Waals surface area (Å²) in [7, 11) is 3.74. The third kappa shape index (κ3) is 3.66. The molecular formula is C19H19N3O4. The second kappa shape index (κ2) is 7.26. The van der Waals surface area contributed by atoms with Gasteiger partial charge in [-0.1, -0.05) is 18.2 Å². The van der Waals surface area contributed by atoms with Crippen molar-refractivity contribution in [1.29, 1.82) is 0 Å². The van der Waals surface area contributed by atoms with Crippen LogP contribution in [0.1, 0.15) is 10.4 Å². The number of rotatable bonds is 4. The molecule has 3 rings (SSSR count). The van der Waals surface area contributed by atoms with Gasteiger partial charge in [0.2, 0.25) is 5.91 Å². The number of hydrogen-bond donors (Lipinski definition) is 1. The molecule has 2 amide bonds. The fourth-order valence-electron chi connectivity index (χ4n) is 2.66. The highest BCUT2D eigenvalue weighted by Gasteiger charge is 2.27. The molecule has 0 radical (unpaired) electrons. The molecule has 0 bridgehead atoms. The largest absolute Gasteiger partial charge is 0.452 e. The number of para-hydroxylation sites is 2. The number of fused-ring (bicyclic) bond motifs is 1. The fraction of sp³-hybridized carbons (Fsp3) is 0.211. The lowest BCUT2D eigenvalue weighted by Gasteiger charge is -2.28. The lowest BCUT2D eigenvalue weighted by molar-refractivity contribution is -0.124. The number of carbonyl (C=O) groups is 3. The average molecular weight is 353 g/mol. The fourth-order valence-corrected chi connectivity index (χ4v) is 2.66. The van der Waals surface area contributed by atoms with Crippen molar-refractivity contribution < 1.29 is 19.1 Å². The van der Waals surface area contributed by atoms with E-state index < -0.39 is 18.5 Å². The molecule has 7 nitrogen and oxygen atoms in total. The van der Waals surface area contributed by atoms with Crippen LogP contribution >= 0.6 is 0 Å². The summed E-state index contributed by atoms with van der Waals surface area (Å²) in [4.78, 5) is 39.7. The molecule has 2 aromatic carbocycles. The van der Waals surface area contributed by atoms with E-state index >= 15 is 0 Å². The van der Waals surface area contributed by atoms with Gasteiger partial charge >= 0.3 is 5.97 Å². The number of nitrogens with one attached hydrogen (secondary N) is 1. The van der Waals surface area contributed by atoms with Crippen LogP contribution in [0.25, 0.3) is 0 Å². The first-order valence-electron chi connectivity index (χ1n) is 8.09. The molecule has 0 saturated carbocycles. The SMILES string of the molecule is CN(C)c1cccc(C(=O)OCC(=O)N2CC(=O)Nc3ccccc32)c1. The molecule has 0 saturated heterocycles. The van der Waals surface area contributed by atoms with Crippen LogP contribution in [0.4, 0.5) is 17.1 Å². The number of ether oxygens (including phenoxy) is 1. The van der Waals surface area contributed by atoms with Crippen LogP contribution in [-0.4, -0.2) is 45.0 Å². The van der Waals surface area contributed by atoms with Gasteiger partial charge in [-0.2, -0.15) is 0 Å². The first-order valence-corrected chi connectivity index (χ1v) is 8.09. The number of nitrogens with zero attached hydrogens (tertiary/aromatic N) is 2. The van der Waals surface area contributed by atoms with Crippen LogP contribution in [0.3, 0.4) is 0 Å². The number of amides is 2. The number of benzene rings is 2. The Hall–Kier alpha value is -3.35. The second-order valence-electron chi connectivity index (χ2n) is 6.07. The van der Waals surface area contributed by atoms with Gasteiger partial charge in [0.1, 0.15) is 6.54 Å². The Morgan fingerprint density at radius 3 is 2.69 bits per heavy atom. The monoisotopic (exact) mass is 353 g/mol. The van der Waals surface area contributed by atoms with Crippen molar-refractivity contribution in [3.05, 3.63) is 54.1 Å². The molecule has 1 N–H and O–H groups in total. The number of hydrogen-bond acceptors (Lipinski definition) is 5. The molecule has 26 heavy (non-hydrogen) atoms. The molecule has 1 heterocycles. The lowest BCUT2D eigenvalue weighted by atomic mass is 10.2. The highest BCUT2D eigenvalue weighted by atomic mass is 16.5. The maximum atomic E-state index is 12.5. The molecule has 134 valence electrons. The van der Waals surface area contributed by atoms with E-state index in [4.69, 9.17) is 4.74 Å². The maximum Gasteiger partial charge on any atom is 0.338 e. The molecule has 0 unspecified atom stereocenters. The summed E-state index contributed by atoms with van der Waals surface area (Å²) >= 11 is 0. The van der Waals surface area contributed by atoms with Gasteiger partial charge in [0.05, 0.1) is 16.9 Å². The Bertz CT molecular complexity index is 863. The Morgan fingerprint density at radius 2 is 1.92 bits per heavy atom. The van der Waals surface area contributed by atoms with E-state index in [0.29, 0.717) is 16.9 Å². The molecule has 0 spiro atoms. The molecule has 2 aromatic rings. The van der Waals surface area contributed by atoms with Crippen molar-refractivity contribution in [1.82, 2.24) is 0 Å². The van der Waals surface area contributed by atoms with Crippen LogP contribution < -0.4 is 15.1 Å². The molecule has 1 aliphatic rings. The lowest BCUT2D eigenvalue weighted by Crippen LogP contribution is -2.44. The molecule has 0 atom stereocenters. The molecule has 0 aliphatic carbocycles. The van der Waals surface area contributed by atoms with E-state index in [9.17, 15) is 14.4 Å². The Kier molecular flexibility index (Phi) is 4.88. The number of anilines is 3. The molecule has 1 aliphatic heterocycles. The van der Waals surface area contributed by atoms with Crippen molar-refractivity contribution in [3.63, 3.8) is 0 Å². The predicted octanol–water partition coefficient (Wildman–Crippen LogP) is 1.89. The van der Waals surface area contributed by atoms with Crippen molar-refractivity contribution in [2.75, 3.05) is 42.4 Å². The summed E-state index contributed by atoms with van der Waals surface area (Å²) in [6, 6.07) is 13.9. The van der Waals surface area contributed by atoms with Gasteiger partial charge in [0, 0.05) is 19.8 Å². The molecule has 0 aromatic heterocycles. The summed E-state index contributed by atoms with van der Waals surface area (Å²) in [5.41, 5.74) is 2.36. The minimum atomic E-state index is -0.586. The Balaban J connectivity index is 1.68. The predicted molar refractivity (Wildman–Crippen MR) is 98.5 cm³/mol. The standard InChI is InChI=1S/C19H19N3O4/c1-21(2)14-7-5-6-13(10-14)19(25)26-12-18(24)22-11-17(23)20-15-8-3-4-9-16(15)22/h3-10H,11-12H2,1-2H3,(H,20,23). The summed E-state index contributed by atoms with van der Waals surface area (Å²) in [5, 5.41) is 2.71. The summed E-state index contributed by atoms with van der Waals surface area (Å²) in [5.74, 6) is -1.33. The highest BCUT2D eigenvalue weighted by molar-refractivity contribution is 6.10. The van der Waals surface area contributed by atoms with E-state index in [2.05, 4.69) is 5.32 Å². The zero-order valence-electron chi connectivity index (χ0n) is 14.6. The van der Waals surface area contributed by atoms with Crippen LogP contribution in [0.5, 0.6) is 0 Å². The third-order valence-electron chi connectivity index (χ3n) is 4.00. The van der Waals surface area contributed by atoms with E-state index in [-0.39, 0.29) is 12.5 Å². The summed E-state index contributed by atoms with van der Waals surface area (Å²) in [6.07, 6.45) is 0. The minimum Gasteiger partial charge on any atom is -0.452 e. The number of esters is 1. The van der Waals surface area contributed by atoms with Gasteiger partial charge in [0.15, 0.2) is 6.61 Å². The molecular weight excluding hydrogens is 334 g/mol. The maximum absolute atomic E-state index is 12.5. The summed E-state index contributed by atoms with van der Waals surface area (Å²) in [6.45, 7) is -0.545. The van der Waals surface area contributed by atoms with E-state index in [0.717, 1.165) is 5.69 Å². The van der Waals surface area contributed by atoms with E-state index in [1.807, 2.05) is 25.1 Å². The number of carbonyl (C=O) groups excluding carboxylic acids is 3. The Morgan fingerprint density at radius 1 is 1.15 bits per heavy atom. The van der Waals surface area contributed by atoms with E-state index in [1.54, 1.807) is 42.5 Å². The second-order valence-corrected chi connectivity index (χ2v) is 6.07. The highest BCUT2D eigenvalue weighted by Crippen LogP contribution is 2.28. The van der Waals surface area contributed by atoms with Crippen molar-refractivity contribution in [2.24, 2.45) is 0 Å². The Labute approximate surface area is 151 Å². The van der Waals surface area contributed by atoms with Crippen molar-refractivity contribution in [3.8, 4) is 0 Å². The van der Waals surface area contributed by atoms with Gasteiger partial charge in [-0.15, -0.1) is 0 Å². The van der Waals surface area contributed by atoms with Gasteiger partial charge < -0.3 is 15.0 Å². The van der Waals surface area contributed by atoms with Gasteiger partial charge in [0.25, 0.3) is 5.91 Å². The van der Waals surface area contributed by atoms with Crippen molar-refractivity contribution in [2.45, 2.75) is 0 Å². The zero-order chi connectivity index (χ0) is 18.7. The topological polar surface area (TPSA) is 79.0 Å². The molecule has 7 heteroatoms. The first kappa shape index (κ1) is 17.5. The molecule has 0 fully saturated rings. The van der Waals surface area contributed by atoms with Crippen molar-refractivity contribution >= 4 is 34.8 Å². The van der Waals surface area contributed by atoms with Gasteiger partial charge in [-0.25, -0.2) is 4.79 Å². The smallest absolute Gasteiger partial charge is 0.338 e. The quantitative estimate of drug-likeness (QED) is 0.850. The normalized spacial score (nSPS) is 12.8. The van der Waals surface area contributed by atoms with Crippen LogP contribution in [0.2, 0.25) is 0 Å². The zero-order valence-corrected chi connectivity index (χ0v) is 14.6. The first-order chi connectivity index (χ1) is 12.5. The van der Waals surface area contributed by atoms with E-state index in [1.165, 1.54) is 4.90 Å². The third-order valence-corrected chi connectivity index (χ3v) is 4.00.